The smallest absolute Gasteiger partial charge is 0.407 e. The van der Waals surface area contributed by atoms with Crippen molar-refractivity contribution in [3.05, 3.63) is 95.1 Å². The first-order valence-electron chi connectivity index (χ1n) is 11.0. The SMILES string of the molecule is O=C(O)CCCc1ccc(C#CCNC(=O)OCC2c3ccccc3-c3ccccc32)cc1. The molecule has 166 valence electrons. The Labute approximate surface area is 193 Å². The third-order valence-electron chi connectivity index (χ3n) is 5.71. The number of hydrogen-bond acceptors (Lipinski definition) is 3. The fourth-order valence-corrected chi connectivity index (χ4v) is 4.11. The molecule has 3 aromatic rings. The van der Waals surface area contributed by atoms with E-state index in [1.807, 2.05) is 48.5 Å². The van der Waals surface area contributed by atoms with E-state index in [4.69, 9.17) is 9.84 Å². The Morgan fingerprint density at radius 2 is 1.55 bits per heavy atom. The molecule has 4 rings (SSSR count). The van der Waals surface area contributed by atoms with Gasteiger partial charge in [0.25, 0.3) is 0 Å². The molecule has 3 aromatic carbocycles. The van der Waals surface area contributed by atoms with Crippen molar-refractivity contribution in [3.8, 4) is 23.0 Å². The van der Waals surface area contributed by atoms with Gasteiger partial charge in [0.05, 0.1) is 6.54 Å². The summed E-state index contributed by atoms with van der Waals surface area (Å²) in [6.45, 7) is 0.466. The van der Waals surface area contributed by atoms with E-state index in [0.717, 1.165) is 17.5 Å². The molecule has 1 amide bonds. The Balaban J connectivity index is 1.25. The predicted octanol–water partition coefficient (Wildman–Crippen LogP) is 4.98. The van der Waals surface area contributed by atoms with Crippen LogP contribution in [0.1, 0.15) is 41.0 Å². The molecular formula is C28H25NO4. The van der Waals surface area contributed by atoms with Crippen molar-refractivity contribution in [1.82, 2.24) is 5.32 Å². The largest absolute Gasteiger partial charge is 0.481 e. The monoisotopic (exact) mass is 439 g/mol. The average Bonchev–Trinajstić information content (AvgIpc) is 3.15. The Bertz CT molecular complexity index is 1160. The molecular weight excluding hydrogens is 414 g/mol. The highest BCUT2D eigenvalue weighted by Crippen LogP contribution is 2.44. The van der Waals surface area contributed by atoms with Crippen LogP contribution in [0.4, 0.5) is 4.79 Å². The first-order valence-corrected chi connectivity index (χ1v) is 11.0. The molecule has 0 heterocycles. The number of ether oxygens (including phenoxy) is 1. The summed E-state index contributed by atoms with van der Waals surface area (Å²) >= 11 is 0. The van der Waals surface area contributed by atoms with Crippen LogP contribution in [0.3, 0.4) is 0 Å². The first-order chi connectivity index (χ1) is 16.1. The fourth-order valence-electron chi connectivity index (χ4n) is 4.11. The van der Waals surface area contributed by atoms with Crippen LogP contribution in [-0.2, 0) is 16.0 Å². The summed E-state index contributed by atoms with van der Waals surface area (Å²) in [5, 5.41) is 11.4. The molecule has 0 saturated carbocycles. The maximum Gasteiger partial charge on any atom is 0.407 e. The maximum atomic E-state index is 12.2. The van der Waals surface area contributed by atoms with Crippen LogP contribution in [0.5, 0.6) is 0 Å². The lowest BCUT2D eigenvalue weighted by atomic mass is 9.98. The topological polar surface area (TPSA) is 75.6 Å². The van der Waals surface area contributed by atoms with Crippen molar-refractivity contribution in [1.29, 1.82) is 0 Å². The minimum absolute atomic E-state index is 0.0308. The number of carbonyl (C=O) groups is 2. The molecule has 0 unspecified atom stereocenters. The number of hydrogen-bond donors (Lipinski definition) is 2. The number of fused-ring (bicyclic) bond motifs is 3. The van der Waals surface area contributed by atoms with Gasteiger partial charge in [-0.2, -0.15) is 0 Å². The van der Waals surface area contributed by atoms with Gasteiger partial charge in [-0.1, -0.05) is 72.5 Å². The minimum Gasteiger partial charge on any atom is -0.481 e. The van der Waals surface area contributed by atoms with Gasteiger partial charge < -0.3 is 15.2 Å². The molecule has 0 radical (unpaired) electrons. The molecule has 1 aliphatic carbocycles. The van der Waals surface area contributed by atoms with Crippen molar-refractivity contribution in [2.75, 3.05) is 13.2 Å². The minimum atomic E-state index is -0.776. The van der Waals surface area contributed by atoms with E-state index in [2.05, 4.69) is 41.4 Å². The molecule has 0 fully saturated rings. The summed E-state index contributed by atoms with van der Waals surface area (Å²) in [4.78, 5) is 22.8. The van der Waals surface area contributed by atoms with E-state index >= 15 is 0 Å². The van der Waals surface area contributed by atoms with Crippen LogP contribution in [-0.4, -0.2) is 30.3 Å². The van der Waals surface area contributed by atoms with Gasteiger partial charge in [-0.3, -0.25) is 4.79 Å². The van der Waals surface area contributed by atoms with E-state index in [-0.39, 0.29) is 25.5 Å². The van der Waals surface area contributed by atoms with Gasteiger partial charge in [0, 0.05) is 17.9 Å². The summed E-state index contributed by atoms with van der Waals surface area (Å²) < 4.78 is 5.50. The summed E-state index contributed by atoms with van der Waals surface area (Å²) in [7, 11) is 0. The third kappa shape index (κ3) is 5.61. The lowest BCUT2D eigenvalue weighted by molar-refractivity contribution is -0.137. The molecule has 0 atom stereocenters. The maximum absolute atomic E-state index is 12.2. The number of amides is 1. The molecule has 0 aromatic heterocycles. The number of carboxylic acids is 1. The highest BCUT2D eigenvalue weighted by molar-refractivity contribution is 5.79. The van der Waals surface area contributed by atoms with Gasteiger partial charge in [-0.25, -0.2) is 4.79 Å². The van der Waals surface area contributed by atoms with Crippen LogP contribution in [0.25, 0.3) is 11.1 Å². The summed E-state index contributed by atoms with van der Waals surface area (Å²) in [5.74, 6) is 5.19. The zero-order chi connectivity index (χ0) is 23.0. The van der Waals surface area contributed by atoms with Crippen molar-refractivity contribution in [2.24, 2.45) is 0 Å². The molecule has 5 heteroatoms. The Morgan fingerprint density at radius 1 is 0.909 bits per heavy atom. The molecule has 5 nitrogen and oxygen atoms in total. The molecule has 1 aliphatic rings. The van der Waals surface area contributed by atoms with Crippen molar-refractivity contribution < 1.29 is 19.4 Å². The van der Waals surface area contributed by atoms with Gasteiger partial charge in [0.2, 0.25) is 0 Å². The van der Waals surface area contributed by atoms with Crippen LogP contribution < -0.4 is 5.32 Å². The number of rotatable bonds is 7. The van der Waals surface area contributed by atoms with Gasteiger partial charge in [-0.15, -0.1) is 0 Å². The highest BCUT2D eigenvalue weighted by Gasteiger charge is 2.28. The van der Waals surface area contributed by atoms with Crippen LogP contribution in [0, 0.1) is 11.8 Å². The van der Waals surface area contributed by atoms with E-state index in [9.17, 15) is 9.59 Å². The Kier molecular flexibility index (Phi) is 7.06. The van der Waals surface area contributed by atoms with Gasteiger partial charge >= 0.3 is 12.1 Å². The number of carbonyl (C=O) groups excluding carboxylic acids is 1. The second-order valence-corrected chi connectivity index (χ2v) is 7.93. The van der Waals surface area contributed by atoms with Crippen LogP contribution >= 0.6 is 0 Å². The van der Waals surface area contributed by atoms with Gasteiger partial charge in [0.15, 0.2) is 0 Å². The highest BCUT2D eigenvalue weighted by atomic mass is 16.5. The second kappa shape index (κ2) is 10.5. The number of nitrogens with one attached hydrogen (secondary N) is 1. The van der Waals surface area contributed by atoms with Gasteiger partial charge in [-0.05, 0) is 52.8 Å². The van der Waals surface area contributed by atoms with E-state index in [1.165, 1.54) is 22.3 Å². The number of aliphatic carboxylic acids is 1. The Morgan fingerprint density at radius 3 is 2.18 bits per heavy atom. The number of aryl methyl sites for hydroxylation is 1. The fraction of sp³-hybridized carbons (Fsp3) is 0.214. The number of alkyl carbamates (subject to hydrolysis) is 1. The summed E-state index contributed by atoms with van der Waals surface area (Å²) in [5.41, 5.74) is 6.67. The molecule has 0 bridgehead atoms. The van der Waals surface area contributed by atoms with E-state index in [1.54, 1.807) is 0 Å². The van der Waals surface area contributed by atoms with Crippen molar-refractivity contribution in [2.45, 2.75) is 25.2 Å². The standard InChI is InChI=1S/C28H25NO4/c30-27(31)13-5-7-20-14-16-21(17-15-20)8-6-18-29-28(32)33-19-26-24-11-3-1-9-22(24)23-10-2-4-12-25(23)26/h1-4,9-12,14-17,26H,5,7,13,18-19H2,(H,29,32)(H,30,31). The van der Waals surface area contributed by atoms with E-state index in [0.29, 0.717) is 6.42 Å². The first kappa shape index (κ1) is 22.2. The zero-order valence-electron chi connectivity index (χ0n) is 18.2. The molecule has 2 N–H and O–H groups in total. The van der Waals surface area contributed by atoms with Crippen molar-refractivity contribution in [3.63, 3.8) is 0 Å². The van der Waals surface area contributed by atoms with Crippen molar-refractivity contribution >= 4 is 12.1 Å². The molecule has 33 heavy (non-hydrogen) atoms. The second-order valence-electron chi connectivity index (χ2n) is 7.93. The Hall–Kier alpha value is -4.04. The van der Waals surface area contributed by atoms with Crippen LogP contribution in [0.2, 0.25) is 0 Å². The van der Waals surface area contributed by atoms with Gasteiger partial charge in [0.1, 0.15) is 6.61 Å². The van der Waals surface area contributed by atoms with E-state index < -0.39 is 12.1 Å². The number of carboxylic acid groups (broad SMARTS) is 1. The quantitative estimate of drug-likeness (QED) is 0.509. The predicted molar refractivity (Wildman–Crippen MR) is 127 cm³/mol. The third-order valence-corrected chi connectivity index (χ3v) is 5.71. The zero-order valence-corrected chi connectivity index (χ0v) is 18.2. The molecule has 0 aliphatic heterocycles. The van der Waals surface area contributed by atoms with Crippen LogP contribution in [0.15, 0.2) is 72.8 Å². The summed E-state index contributed by atoms with van der Waals surface area (Å²) in [6, 6.07) is 24.1. The summed E-state index contributed by atoms with van der Waals surface area (Å²) in [6.07, 6.45) is 1.02. The number of benzene rings is 3. The molecule has 0 saturated heterocycles. The normalized spacial score (nSPS) is 11.6. The average molecular weight is 440 g/mol. The lowest BCUT2D eigenvalue weighted by Crippen LogP contribution is -2.26. The lowest BCUT2D eigenvalue weighted by Gasteiger charge is -2.14. The molecule has 0 spiro atoms.